The Bertz CT molecular complexity index is 208. The van der Waals surface area contributed by atoms with Crippen molar-refractivity contribution in [2.45, 2.75) is 6.42 Å². The fourth-order valence-corrected chi connectivity index (χ4v) is 0.681. The summed E-state index contributed by atoms with van der Waals surface area (Å²) in [4.78, 5) is 10.4. The van der Waals surface area contributed by atoms with Crippen LogP contribution in [0.4, 0.5) is 0 Å². The van der Waals surface area contributed by atoms with Gasteiger partial charge in [-0.15, -0.1) is 0 Å². The SMILES string of the molecule is NC(=O)CC1=CC=COCO1. The van der Waals surface area contributed by atoms with Gasteiger partial charge in [0.05, 0.1) is 12.7 Å². The van der Waals surface area contributed by atoms with Crippen molar-refractivity contribution >= 4 is 5.91 Å². The first kappa shape index (κ1) is 7.65. The number of carbonyl (C=O) groups is 1. The zero-order valence-corrected chi connectivity index (χ0v) is 5.95. The third-order valence-electron chi connectivity index (χ3n) is 1.12. The van der Waals surface area contributed by atoms with Crippen LogP contribution in [0.5, 0.6) is 0 Å². The van der Waals surface area contributed by atoms with Gasteiger partial charge in [-0.05, 0) is 12.2 Å². The summed E-state index contributed by atoms with van der Waals surface area (Å²) in [5.74, 6) is 0.123. The Hall–Kier alpha value is -1.45. The first-order valence-electron chi connectivity index (χ1n) is 3.17. The predicted molar refractivity (Wildman–Crippen MR) is 38.1 cm³/mol. The van der Waals surface area contributed by atoms with E-state index in [1.165, 1.54) is 6.26 Å². The molecule has 0 aromatic rings. The summed E-state index contributed by atoms with van der Waals surface area (Å²) in [6.07, 6.45) is 4.92. The maximum Gasteiger partial charge on any atom is 0.229 e. The molecule has 2 N–H and O–H groups in total. The molecule has 0 aliphatic carbocycles. The first-order valence-corrected chi connectivity index (χ1v) is 3.17. The van der Waals surface area contributed by atoms with Crippen molar-refractivity contribution in [3.8, 4) is 0 Å². The van der Waals surface area contributed by atoms with Crippen molar-refractivity contribution in [2.75, 3.05) is 6.79 Å². The third kappa shape index (κ3) is 2.75. The molecular formula is C7H9NO3. The molecule has 0 aromatic carbocycles. The third-order valence-corrected chi connectivity index (χ3v) is 1.12. The largest absolute Gasteiger partial charge is 0.465 e. The van der Waals surface area contributed by atoms with Gasteiger partial charge in [0.15, 0.2) is 0 Å². The Morgan fingerprint density at radius 3 is 3.27 bits per heavy atom. The van der Waals surface area contributed by atoms with Crippen LogP contribution in [0.3, 0.4) is 0 Å². The normalized spacial score (nSPS) is 15.8. The highest BCUT2D eigenvalue weighted by Gasteiger charge is 2.03. The van der Waals surface area contributed by atoms with Gasteiger partial charge in [0.2, 0.25) is 12.7 Å². The van der Waals surface area contributed by atoms with E-state index in [0.717, 1.165) is 0 Å². The number of primary amides is 1. The number of rotatable bonds is 2. The lowest BCUT2D eigenvalue weighted by Gasteiger charge is -2.04. The van der Waals surface area contributed by atoms with Gasteiger partial charge in [-0.1, -0.05) is 0 Å². The van der Waals surface area contributed by atoms with Crippen molar-refractivity contribution in [1.82, 2.24) is 0 Å². The molecule has 1 aliphatic heterocycles. The minimum absolute atomic E-state index is 0.119. The van der Waals surface area contributed by atoms with E-state index in [-0.39, 0.29) is 13.2 Å². The van der Waals surface area contributed by atoms with Crippen molar-refractivity contribution in [1.29, 1.82) is 0 Å². The number of hydrogen-bond donors (Lipinski definition) is 1. The molecule has 0 spiro atoms. The van der Waals surface area contributed by atoms with Crippen molar-refractivity contribution < 1.29 is 14.3 Å². The Morgan fingerprint density at radius 1 is 1.73 bits per heavy atom. The summed E-state index contributed by atoms with van der Waals surface area (Å²) in [7, 11) is 0. The van der Waals surface area contributed by atoms with Gasteiger partial charge < -0.3 is 15.2 Å². The Balaban J connectivity index is 2.49. The Kier molecular flexibility index (Phi) is 2.54. The van der Waals surface area contributed by atoms with Gasteiger partial charge in [0.1, 0.15) is 5.76 Å². The monoisotopic (exact) mass is 155 g/mol. The molecule has 4 heteroatoms. The van der Waals surface area contributed by atoms with Crippen molar-refractivity contribution in [3.63, 3.8) is 0 Å². The van der Waals surface area contributed by atoms with Gasteiger partial charge in [-0.25, -0.2) is 0 Å². The first-order chi connectivity index (χ1) is 5.29. The number of allylic oxidation sites excluding steroid dienone is 2. The molecule has 0 unspecified atom stereocenters. The van der Waals surface area contributed by atoms with E-state index in [9.17, 15) is 4.79 Å². The van der Waals surface area contributed by atoms with Crippen LogP contribution >= 0.6 is 0 Å². The van der Waals surface area contributed by atoms with Gasteiger partial charge in [0, 0.05) is 0 Å². The Labute approximate surface area is 64.3 Å². The van der Waals surface area contributed by atoms with E-state index in [4.69, 9.17) is 15.2 Å². The molecule has 4 nitrogen and oxygen atoms in total. The zero-order valence-electron chi connectivity index (χ0n) is 5.95. The standard InChI is InChI=1S/C7H9NO3/c8-7(9)4-6-2-1-3-10-5-11-6/h1-3H,4-5H2,(H2,8,9). The molecule has 11 heavy (non-hydrogen) atoms. The van der Waals surface area contributed by atoms with Crippen LogP contribution in [0.2, 0.25) is 0 Å². The molecule has 1 rings (SSSR count). The second kappa shape index (κ2) is 3.65. The summed E-state index contributed by atoms with van der Waals surface area (Å²) in [5, 5.41) is 0. The molecule has 0 radical (unpaired) electrons. The molecule has 1 heterocycles. The summed E-state index contributed by atoms with van der Waals surface area (Å²) in [5.41, 5.74) is 4.95. The zero-order chi connectivity index (χ0) is 8.10. The molecule has 1 aliphatic rings. The molecule has 0 saturated carbocycles. The van der Waals surface area contributed by atoms with Gasteiger partial charge in [-0.2, -0.15) is 0 Å². The highest BCUT2D eigenvalue weighted by atomic mass is 16.7. The number of carbonyl (C=O) groups excluding carboxylic acids is 1. The molecular weight excluding hydrogens is 146 g/mol. The maximum atomic E-state index is 10.4. The van der Waals surface area contributed by atoms with Crippen LogP contribution in [0.1, 0.15) is 6.42 Å². The molecule has 0 saturated heterocycles. The Morgan fingerprint density at radius 2 is 2.55 bits per heavy atom. The van der Waals surface area contributed by atoms with E-state index in [0.29, 0.717) is 5.76 Å². The van der Waals surface area contributed by atoms with Gasteiger partial charge in [-0.3, -0.25) is 4.79 Å². The lowest BCUT2D eigenvalue weighted by atomic mass is 10.3. The van der Waals surface area contributed by atoms with E-state index in [1.807, 2.05) is 0 Å². The van der Waals surface area contributed by atoms with Crippen LogP contribution in [0.15, 0.2) is 24.2 Å². The average Bonchev–Trinajstić information content (AvgIpc) is 2.14. The second-order valence-electron chi connectivity index (χ2n) is 2.03. The molecule has 0 fully saturated rings. The van der Waals surface area contributed by atoms with Crippen molar-refractivity contribution in [3.05, 3.63) is 24.2 Å². The van der Waals surface area contributed by atoms with Crippen LogP contribution in [0.25, 0.3) is 0 Å². The highest BCUT2D eigenvalue weighted by Crippen LogP contribution is 2.06. The number of amides is 1. The second-order valence-corrected chi connectivity index (χ2v) is 2.03. The number of nitrogens with two attached hydrogens (primary N) is 1. The summed E-state index contributed by atoms with van der Waals surface area (Å²) in [6.45, 7) is 0.135. The lowest BCUT2D eigenvalue weighted by Crippen LogP contribution is -2.12. The van der Waals surface area contributed by atoms with E-state index in [2.05, 4.69) is 0 Å². The van der Waals surface area contributed by atoms with Crippen LogP contribution in [0, 0.1) is 0 Å². The molecule has 1 amide bonds. The molecule has 0 bridgehead atoms. The fraction of sp³-hybridized carbons (Fsp3) is 0.286. The predicted octanol–water partition coefficient (Wildman–Crippen LogP) is 0.264. The summed E-state index contributed by atoms with van der Waals surface area (Å²) >= 11 is 0. The quantitative estimate of drug-likeness (QED) is 0.622. The average molecular weight is 155 g/mol. The van der Waals surface area contributed by atoms with E-state index < -0.39 is 5.91 Å². The van der Waals surface area contributed by atoms with E-state index >= 15 is 0 Å². The maximum absolute atomic E-state index is 10.4. The minimum atomic E-state index is -0.411. The van der Waals surface area contributed by atoms with E-state index in [1.54, 1.807) is 12.2 Å². The lowest BCUT2D eigenvalue weighted by molar-refractivity contribution is -0.118. The van der Waals surface area contributed by atoms with Crippen LogP contribution in [-0.2, 0) is 14.3 Å². The number of ether oxygens (including phenoxy) is 2. The fourth-order valence-electron chi connectivity index (χ4n) is 0.681. The minimum Gasteiger partial charge on any atom is -0.465 e. The van der Waals surface area contributed by atoms with Crippen LogP contribution in [-0.4, -0.2) is 12.7 Å². The summed E-state index contributed by atoms with van der Waals surface area (Å²) < 4.78 is 9.79. The van der Waals surface area contributed by atoms with Crippen molar-refractivity contribution in [2.24, 2.45) is 5.73 Å². The van der Waals surface area contributed by atoms with Gasteiger partial charge in [0.25, 0.3) is 0 Å². The topological polar surface area (TPSA) is 61.6 Å². The van der Waals surface area contributed by atoms with Gasteiger partial charge >= 0.3 is 0 Å². The molecule has 0 atom stereocenters. The molecule has 0 aromatic heterocycles. The molecule has 60 valence electrons. The smallest absolute Gasteiger partial charge is 0.229 e. The van der Waals surface area contributed by atoms with Crippen LogP contribution < -0.4 is 5.73 Å². The highest BCUT2D eigenvalue weighted by molar-refractivity contribution is 5.76. The summed E-state index contributed by atoms with van der Waals surface area (Å²) in [6, 6.07) is 0. The number of hydrogen-bond acceptors (Lipinski definition) is 3.